The Balaban J connectivity index is 1.41. The summed E-state index contributed by atoms with van der Waals surface area (Å²) in [5.41, 5.74) is 1.94. The Hall–Kier alpha value is -4.18. The molecule has 3 heterocycles. The third-order valence-electron chi connectivity index (χ3n) is 6.12. The highest BCUT2D eigenvalue weighted by atomic mass is 35.5. The third kappa shape index (κ3) is 7.69. The Morgan fingerprint density at radius 2 is 1.70 bits per heavy atom. The average molecular weight is 565 g/mol. The molecule has 0 unspecified atom stereocenters. The summed E-state index contributed by atoms with van der Waals surface area (Å²) in [7, 11) is 0. The molecule has 2 aromatic heterocycles. The maximum Gasteiger partial charge on any atom is 0.410 e. The summed E-state index contributed by atoms with van der Waals surface area (Å²) in [6, 6.07) is 11.6. The standard InChI is InChI=1S/C29H33ClN6O4/c1-19-6-11-25(32-17-19)34-26(37)22-16-20(30)7-9-23(22)33-27(38)24-10-8-21(18-31-24)35-12-5-13-36(15-14-35)28(39)40-29(2,3)4/h6-11,16-18H,5,12-15H2,1-4H3,(H,33,38)(H,32,34,37). The lowest BCUT2D eigenvalue weighted by atomic mass is 10.1. The van der Waals surface area contributed by atoms with Gasteiger partial charge in [0.1, 0.15) is 17.1 Å². The van der Waals surface area contributed by atoms with Crippen LogP contribution >= 0.6 is 11.6 Å². The van der Waals surface area contributed by atoms with Crippen molar-refractivity contribution in [1.29, 1.82) is 0 Å². The van der Waals surface area contributed by atoms with E-state index in [1.54, 1.807) is 41.6 Å². The summed E-state index contributed by atoms with van der Waals surface area (Å²) in [5, 5.41) is 5.84. The van der Waals surface area contributed by atoms with Crippen molar-refractivity contribution in [3.8, 4) is 0 Å². The molecule has 4 rings (SSSR count). The number of aromatic nitrogens is 2. The first kappa shape index (κ1) is 28.8. The number of aryl methyl sites for hydroxylation is 1. The van der Waals surface area contributed by atoms with Crippen LogP contribution in [0, 0.1) is 6.92 Å². The molecule has 10 nitrogen and oxygen atoms in total. The molecule has 2 N–H and O–H groups in total. The summed E-state index contributed by atoms with van der Waals surface area (Å²) in [6.45, 7) is 9.94. The van der Waals surface area contributed by atoms with Crippen molar-refractivity contribution in [3.05, 3.63) is 76.7 Å². The van der Waals surface area contributed by atoms with Gasteiger partial charge in [0.25, 0.3) is 11.8 Å². The molecule has 40 heavy (non-hydrogen) atoms. The summed E-state index contributed by atoms with van der Waals surface area (Å²) in [4.78, 5) is 50.8. The van der Waals surface area contributed by atoms with Gasteiger partial charge in [-0.15, -0.1) is 0 Å². The summed E-state index contributed by atoms with van der Waals surface area (Å²) in [5.74, 6) is -0.546. The molecular weight excluding hydrogens is 532 g/mol. The molecule has 3 amide bonds. The zero-order valence-corrected chi connectivity index (χ0v) is 23.8. The number of pyridine rings is 2. The van der Waals surface area contributed by atoms with Gasteiger partial charge < -0.3 is 25.2 Å². The summed E-state index contributed by atoms with van der Waals surface area (Å²) in [6.07, 6.45) is 3.75. The van der Waals surface area contributed by atoms with Crippen LogP contribution in [0.15, 0.2) is 54.9 Å². The number of benzene rings is 1. The largest absolute Gasteiger partial charge is 0.444 e. The van der Waals surface area contributed by atoms with Crippen LogP contribution in [-0.4, -0.2) is 64.6 Å². The molecule has 210 valence electrons. The second-order valence-corrected chi connectivity index (χ2v) is 11.0. The first-order valence-corrected chi connectivity index (χ1v) is 13.4. The molecule has 1 saturated heterocycles. The van der Waals surface area contributed by atoms with E-state index >= 15 is 0 Å². The fourth-order valence-electron chi connectivity index (χ4n) is 4.12. The van der Waals surface area contributed by atoms with E-state index < -0.39 is 17.4 Å². The van der Waals surface area contributed by atoms with Gasteiger partial charge in [0.2, 0.25) is 0 Å². The van der Waals surface area contributed by atoms with E-state index in [2.05, 4.69) is 25.5 Å². The van der Waals surface area contributed by atoms with E-state index in [1.165, 1.54) is 6.07 Å². The maximum atomic E-state index is 13.0. The molecule has 0 bridgehead atoms. The second-order valence-electron chi connectivity index (χ2n) is 10.5. The smallest absolute Gasteiger partial charge is 0.410 e. The van der Waals surface area contributed by atoms with Crippen LogP contribution in [0.25, 0.3) is 0 Å². The number of hydrogen-bond acceptors (Lipinski definition) is 7. The first-order chi connectivity index (χ1) is 19.0. The van der Waals surface area contributed by atoms with E-state index in [0.717, 1.165) is 24.2 Å². The van der Waals surface area contributed by atoms with Crippen molar-refractivity contribution in [3.63, 3.8) is 0 Å². The Labute approximate surface area is 238 Å². The molecule has 1 fully saturated rings. The number of amides is 3. The van der Waals surface area contributed by atoms with Crippen LogP contribution in [-0.2, 0) is 4.74 Å². The Morgan fingerprint density at radius 3 is 2.38 bits per heavy atom. The Bertz CT molecular complexity index is 1370. The van der Waals surface area contributed by atoms with Gasteiger partial charge in [-0.25, -0.2) is 14.8 Å². The van der Waals surface area contributed by atoms with Crippen LogP contribution in [0.1, 0.15) is 53.6 Å². The fourth-order valence-corrected chi connectivity index (χ4v) is 4.29. The highest BCUT2D eigenvalue weighted by molar-refractivity contribution is 6.31. The molecule has 1 aliphatic rings. The van der Waals surface area contributed by atoms with Crippen molar-refractivity contribution in [2.24, 2.45) is 0 Å². The maximum absolute atomic E-state index is 13.0. The second kappa shape index (κ2) is 12.3. The van der Waals surface area contributed by atoms with Gasteiger partial charge in [-0.3, -0.25) is 9.59 Å². The van der Waals surface area contributed by atoms with Crippen molar-refractivity contribution in [2.45, 2.75) is 39.7 Å². The summed E-state index contributed by atoms with van der Waals surface area (Å²) < 4.78 is 5.50. The number of nitrogens with one attached hydrogen (secondary N) is 2. The fraction of sp³-hybridized carbons (Fsp3) is 0.345. The monoisotopic (exact) mass is 564 g/mol. The highest BCUT2D eigenvalue weighted by Gasteiger charge is 2.25. The quantitative estimate of drug-likeness (QED) is 0.426. The number of anilines is 3. The van der Waals surface area contributed by atoms with E-state index in [4.69, 9.17) is 16.3 Å². The molecule has 0 aliphatic carbocycles. The molecular formula is C29H33ClN6O4. The molecule has 0 atom stereocenters. The lowest BCUT2D eigenvalue weighted by molar-refractivity contribution is 0.0263. The van der Waals surface area contributed by atoms with Gasteiger partial charge in [0.05, 0.1) is 23.1 Å². The van der Waals surface area contributed by atoms with E-state index in [0.29, 0.717) is 36.2 Å². The van der Waals surface area contributed by atoms with E-state index in [-0.39, 0.29) is 17.4 Å². The molecule has 3 aromatic rings. The average Bonchev–Trinajstić information content (AvgIpc) is 3.17. The Morgan fingerprint density at radius 1 is 0.900 bits per heavy atom. The molecule has 0 saturated carbocycles. The normalized spacial score (nSPS) is 13.8. The van der Waals surface area contributed by atoms with Crippen LogP contribution < -0.4 is 15.5 Å². The van der Waals surface area contributed by atoms with Gasteiger partial charge in [-0.2, -0.15) is 0 Å². The predicted molar refractivity (Wildman–Crippen MR) is 155 cm³/mol. The molecule has 1 aromatic carbocycles. The topological polar surface area (TPSA) is 117 Å². The Kier molecular flexibility index (Phi) is 8.89. The number of nitrogens with zero attached hydrogens (tertiary/aromatic N) is 4. The number of rotatable bonds is 5. The minimum Gasteiger partial charge on any atom is -0.444 e. The number of carbonyl (C=O) groups is 3. The number of halogens is 1. The lowest BCUT2D eigenvalue weighted by Gasteiger charge is -2.26. The lowest BCUT2D eigenvalue weighted by Crippen LogP contribution is -2.39. The molecule has 0 spiro atoms. The van der Waals surface area contributed by atoms with Crippen molar-refractivity contribution < 1.29 is 19.1 Å². The van der Waals surface area contributed by atoms with Gasteiger partial charge in [0.15, 0.2) is 0 Å². The minimum absolute atomic E-state index is 0.190. The summed E-state index contributed by atoms with van der Waals surface area (Å²) >= 11 is 6.14. The van der Waals surface area contributed by atoms with Crippen molar-refractivity contribution >= 4 is 46.7 Å². The van der Waals surface area contributed by atoms with Crippen molar-refractivity contribution in [2.75, 3.05) is 41.7 Å². The van der Waals surface area contributed by atoms with Gasteiger partial charge in [-0.05, 0) is 76.1 Å². The van der Waals surface area contributed by atoms with Gasteiger partial charge in [0, 0.05) is 37.4 Å². The molecule has 11 heteroatoms. The number of hydrogen-bond donors (Lipinski definition) is 2. The van der Waals surface area contributed by atoms with Gasteiger partial charge in [-0.1, -0.05) is 17.7 Å². The van der Waals surface area contributed by atoms with Crippen LogP contribution in [0.3, 0.4) is 0 Å². The van der Waals surface area contributed by atoms with Gasteiger partial charge >= 0.3 is 6.09 Å². The zero-order chi connectivity index (χ0) is 28.9. The van der Waals surface area contributed by atoms with Crippen LogP contribution in [0.2, 0.25) is 5.02 Å². The van der Waals surface area contributed by atoms with Crippen molar-refractivity contribution in [1.82, 2.24) is 14.9 Å². The number of ether oxygens (including phenoxy) is 1. The molecule has 0 radical (unpaired) electrons. The number of carbonyl (C=O) groups excluding carboxylic acids is 3. The highest BCUT2D eigenvalue weighted by Crippen LogP contribution is 2.23. The first-order valence-electron chi connectivity index (χ1n) is 13.0. The van der Waals surface area contributed by atoms with Crippen LogP contribution in [0.4, 0.5) is 22.0 Å². The van der Waals surface area contributed by atoms with E-state index in [1.807, 2.05) is 39.8 Å². The van der Waals surface area contributed by atoms with Crippen LogP contribution in [0.5, 0.6) is 0 Å². The van der Waals surface area contributed by atoms with E-state index in [9.17, 15) is 14.4 Å². The minimum atomic E-state index is -0.543. The molecule has 1 aliphatic heterocycles. The zero-order valence-electron chi connectivity index (χ0n) is 23.0. The SMILES string of the molecule is Cc1ccc(NC(=O)c2cc(Cl)ccc2NC(=O)c2ccc(N3CCCN(C(=O)OC(C)(C)C)CC3)cn2)nc1. The third-order valence-corrected chi connectivity index (χ3v) is 6.36. The predicted octanol–water partition coefficient (Wildman–Crippen LogP) is 5.39.